The number of rotatable bonds is 6. The van der Waals surface area contributed by atoms with Gasteiger partial charge in [-0.25, -0.2) is 0 Å². The van der Waals surface area contributed by atoms with Crippen LogP contribution in [-0.2, 0) is 26.3 Å². The number of furan rings is 1. The summed E-state index contributed by atoms with van der Waals surface area (Å²) in [6, 6.07) is 2.30. The molecule has 2 aromatic heterocycles. The molecule has 1 N–H and O–H groups in total. The van der Waals surface area contributed by atoms with Gasteiger partial charge in [-0.15, -0.1) is 0 Å². The molecule has 0 saturated heterocycles. The normalized spacial score (nSPS) is 12.8. The van der Waals surface area contributed by atoms with Gasteiger partial charge in [0.15, 0.2) is 0 Å². The Bertz CT molecular complexity index is 574. The molecule has 0 amide bonds. The molecule has 0 aliphatic heterocycles. The van der Waals surface area contributed by atoms with Crippen LogP contribution in [0.15, 0.2) is 21.2 Å². The van der Waals surface area contributed by atoms with Gasteiger partial charge in [0.1, 0.15) is 5.76 Å². The van der Waals surface area contributed by atoms with Gasteiger partial charge in [-0.3, -0.25) is 4.68 Å². The first-order valence-electron chi connectivity index (χ1n) is 7.06. The van der Waals surface area contributed by atoms with Crippen molar-refractivity contribution in [3.05, 3.63) is 39.5 Å². The second-order valence-corrected chi connectivity index (χ2v) is 5.68. The average Bonchev–Trinajstić information content (AvgIpc) is 3.02. The van der Waals surface area contributed by atoms with E-state index in [1.54, 1.807) is 6.26 Å². The van der Waals surface area contributed by atoms with Crippen LogP contribution in [0, 0.1) is 0 Å². The summed E-state index contributed by atoms with van der Waals surface area (Å²) in [7, 11) is 3.99. The second kappa shape index (κ2) is 6.59. The number of halogens is 1. The molecule has 0 fully saturated rings. The van der Waals surface area contributed by atoms with E-state index in [0.717, 1.165) is 35.2 Å². The number of aromatic nitrogens is 2. The van der Waals surface area contributed by atoms with Crippen LogP contribution in [0.1, 0.15) is 42.6 Å². The minimum atomic E-state index is 0.236. The molecule has 2 rings (SSSR count). The van der Waals surface area contributed by atoms with Crippen LogP contribution >= 0.6 is 15.9 Å². The SMILES string of the molecule is CCc1nn(C)c(CC(NC)c2ccoc2CC)c1Br. The van der Waals surface area contributed by atoms with Crippen LogP contribution in [0.25, 0.3) is 0 Å². The Labute approximate surface area is 128 Å². The van der Waals surface area contributed by atoms with Crippen molar-refractivity contribution in [2.24, 2.45) is 7.05 Å². The lowest BCUT2D eigenvalue weighted by Gasteiger charge is -2.16. The number of nitrogens with zero attached hydrogens (tertiary/aromatic N) is 2. The van der Waals surface area contributed by atoms with Gasteiger partial charge in [-0.05, 0) is 35.5 Å². The Kier molecular flexibility index (Phi) is 5.05. The largest absolute Gasteiger partial charge is 0.469 e. The third-order valence-corrected chi connectivity index (χ3v) is 4.64. The lowest BCUT2D eigenvalue weighted by molar-refractivity contribution is 0.491. The molecule has 20 heavy (non-hydrogen) atoms. The molecule has 0 aliphatic carbocycles. The summed E-state index contributed by atoms with van der Waals surface area (Å²) >= 11 is 3.68. The molecular formula is C15H22BrN3O. The van der Waals surface area contributed by atoms with Crippen molar-refractivity contribution in [2.75, 3.05) is 7.05 Å². The molecule has 0 spiro atoms. The molecule has 110 valence electrons. The van der Waals surface area contributed by atoms with Crippen molar-refractivity contribution in [3.8, 4) is 0 Å². The summed E-state index contributed by atoms with van der Waals surface area (Å²) in [5.41, 5.74) is 3.56. The van der Waals surface area contributed by atoms with Crippen LogP contribution in [0.4, 0.5) is 0 Å². The number of nitrogens with one attached hydrogen (secondary N) is 1. The maximum atomic E-state index is 5.55. The van der Waals surface area contributed by atoms with Crippen molar-refractivity contribution in [3.63, 3.8) is 0 Å². The van der Waals surface area contributed by atoms with Crippen LogP contribution in [0.2, 0.25) is 0 Å². The van der Waals surface area contributed by atoms with E-state index in [-0.39, 0.29) is 6.04 Å². The van der Waals surface area contributed by atoms with E-state index in [4.69, 9.17) is 4.42 Å². The number of hydrogen-bond donors (Lipinski definition) is 1. The molecular weight excluding hydrogens is 318 g/mol. The van der Waals surface area contributed by atoms with E-state index < -0.39 is 0 Å². The molecule has 2 heterocycles. The van der Waals surface area contributed by atoms with Gasteiger partial charge >= 0.3 is 0 Å². The number of hydrogen-bond acceptors (Lipinski definition) is 3. The van der Waals surface area contributed by atoms with Crippen LogP contribution in [-0.4, -0.2) is 16.8 Å². The zero-order valence-electron chi connectivity index (χ0n) is 12.5. The highest BCUT2D eigenvalue weighted by atomic mass is 79.9. The molecule has 5 heteroatoms. The van der Waals surface area contributed by atoms with Gasteiger partial charge in [-0.2, -0.15) is 5.10 Å². The summed E-state index contributed by atoms with van der Waals surface area (Å²) in [6.07, 6.45) is 4.50. The van der Waals surface area contributed by atoms with Gasteiger partial charge in [0, 0.05) is 31.5 Å². The summed E-state index contributed by atoms with van der Waals surface area (Å²) in [5, 5.41) is 7.95. The molecule has 2 aromatic rings. The van der Waals surface area contributed by atoms with Gasteiger partial charge in [0.05, 0.1) is 22.1 Å². The maximum absolute atomic E-state index is 5.55. The van der Waals surface area contributed by atoms with Crippen LogP contribution in [0.5, 0.6) is 0 Å². The first kappa shape index (κ1) is 15.3. The van der Waals surface area contributed by atoms with Crippen LogP contribution < -0.4 is 5.32 Å². The zero-order chi connectivity index (χ0) is 14.7. The Balaban J connectivity index is 2.29. The maximum Gasteiger partial charge on any atom is 0.108 e. The van der Waals surface area contributed by atoms with Crippen molar-refractivity contribution in [1.29, 1.82) is 0 Å². The van der Waals surface area contributed by atoms with E-state index in [1.807, 2.05) is 18.8 Å². The second-order valence-electron chi connectivity index (χ2n) is 4.88. The summed E-state index contributed by atoms with van der Waals surface area (Å²) in [4.78, 5) is 0. The molecule has 0 saturated carbocycles. The quantitative estimate of drug-likeness (QED) is 0.876. The third kappa shape index (κ3) is 2.83. The highest BCUT2D eigenvalue weighted by molar-refractivity contribution is 9.10. The highest BCUT2D eigenvalue weighted by Crippen LogP contribution is 2.28. The Morgan fingerprint density at radius 1 is 1.40 bits per heavy atom. The van der Waals surface area contributed by atoms with Gasteiger partial charge < -0.3 is 9.73 Å². The monoisotopic (exact) mass is 339 g/mol. The van der Waals surface area contributed by atoms with E-state index in [1.165, 1.54) is 11.3 Å². The highest BCUT2D eigenvalue weighted by Gasteiger charge is 2.20. The molecule has 0 radical (unpaired) electrons. The summed E-state index contributed by atoms with van der Waals surface area (Å²) in [6.45, 7) is 4.24. The lowest BCUT2D eigenvalue weighted by atomic mass is 10.0. The molecule has 1 unspecified atom stereocenters. The third-order valence-electron chi connectivity index (χ3n) is 3.73. The van der Waals surface area contributed by atoms with Gasteiger partial charge in [0.2, 0.25) is 0 Å². The zero-order valence-corrected chi connectivity index (χ0v) is 14.1. The van der Waals surface area contributed by atoms with Crippen molar-refractivity contribution >= 4 is 15.9 Å². The van der Waals surface area contributed by atoms with E-state index in [9.17, 15) is 0 Å². The predicted molar refractivity (Wildman–Crippen MR) is 83.9 cm³/mol. The molecule has 4 nitrogen and oxygen atoms in total. The smallest absolute Gasteiger partial charge is 0.108 e. The predicted octanol–water partition coefficient (Wildman–Crippen LogP) is 3.40. The number of aryl methyl sites for hydroxylation is 3. The molecule has 0 bridgehead atoms. The first-order chi connectivity index (χ1) is 9.62. The summed E-state index contributed by atoms with van der Waals surface area (Å²) < 4.78 is 8.65. The fraction of sp³-hybridized carbons (Fsp3) is 0.533. The minimum absolute atomic E-state index is 0.236. The van der Waals surface area contributed by atoms with E-state index in [0.29, 0.717) is 0 Å². The van der Waals surface area contributed by atoms with Crippen LogP contribution in [0.3, 0.4) is 0 Å². The molecule has 1 atom stereocenters. The van der Waals surface area contributed by atoms with E-state index >= 15 is 0 Å². The average molecular weight is 340 g/mol. The first-order valence-corrected chi connectivity index (χ1v) is 7.85. The Morgan fingerprint density at radius 3 is 2.70 bits per heavy atom. The van der Waals surface area contributed by atoms with Crippen molar-refractivity contribution in [2.45, 2.75) is 39.2 Å². The molecule has 0 aliphatic rings. The van der Waals surface area contributed by atoms with E-state index in [2.05, 4.69) is 46.3 Å². The minimum Gasteiger partial charge on any atom is -0.469 e. The lowest BCUT2D eigenvalue weighted by Crippen LogP contribution is -2.21. The van der Waals surface area contributed by atoms with Gasteiger partial charge in [-0.1, -0.05) is 13.8 Å². The summed E-state index contributed by atoms with van der Waals surface area (Å²) in [5.74, 6) is 1.05. The standard InChI is InChI=1S/C15H22BrN3O/c1-5-11-15(16)13(19(4)18-11)9-12(17-3)10-7-8-20-14(10)6-2/h7-8,12,17H,5-6,9H2,1-4H3. The number of likely N-dealkylation sites (N-methyl/N-ethyl adjacent to an activating group) is 1. The fourth-order valence-corrected chi connectivity index (χ4v) is 3.33. The molecule has 0 aromatic carbocycles. The Hall–Kier alpha value is -1.07. The van der Waals surface area contributed by atoms with Gasteiger partial charge in [0.25, 0.3) is 0 Å². The topological polar surface area (TPSA) is 43.0 Å². The van der Waals surface area contributed by atoms with Crippen molar-refractivity contribution in [1.82, 2.24) is 15.1 Å². The fourth-order valence-electron chi connectivity index (χ4n) is 2.55. The van der Waals surface area contributed by atoms with Crippen molar-refractivity contribution < 1.29 is 4.42 Å². The Morgan fingerprint density at radius 2 is 2.15 bits per heavy atom.